The topological polar surface area (TPSA) is 110 Å². The molecule has 7 nitrogen and oxygen atoms in total. The van der Waals surface area contributed by atoms with Crippen LogP contribution < -0.4 is 16.6 Å². The number of sulfone groups is 1. The highest BCUT2D eigenvalue weighted by Crippen LogP contribution is 2.27. The van der Waals surface area contributed by atoms with Crippen LogP contribution in [-0.2, 0) is 9.84 Å². The standard InChI is InChI=1S/C11H12ClN5O2S/c1-20(18,19)9-5-3-2-4-8(9)15-10-7(12)6-14-11(16-10)17-13/h2-6H,13H2,1H3,(H2,14,15,16,17). The van der Waals surface area contributed by atoms with Crippen molar-refractivity contribution in [2.24, 2.45) is 5.84 Å². The number of hydrazine groups is 1. The Bertz CT molecular complexity index is 735. The van der Waals surface area contributed by atoms with Gasteiger partial charge in [-0.25, -0.2) is 19.2 Å². The second-order valence-corrected chi connectivity index (χ2v) is 6.32. The van der Waals surface area contributed by atoms with Gasteiger partial charge in [0.05, 0.1) is 16.8 Å². The second-order valence-electron chi connectivity index (χ2n) is 3.93. The Hall–Kier alpha value is -1.90. The number of anilines is 3. The van der Waals surface area contributed by atoms with Crippen LogP contribution in [0.3, 0.4) is 0 Å². The van der Waals surface area contributed by atoms with Crippen LogP contribution >= 0.6 is 11.6 Å². The Kier molecular flexibility index (Phi) is 4.07. The monoisotopic (exact) mass is 313 g/mol. The minimum atomic E-state index is -3.37. The Morgan fingerprint density at radius 1 is 1.30 bits per heavy atom. The summed E-state index contributed by atoms with van der Waals surface area (Å²) in [5.41, 5.74) is 2.66. The minimum absolute atomic E-state index is 0.150. The third kappa shape index (κ3) is 3.16. The van der Waals surface area contributed by atoms with E-state index in [-0.39, 0.29) is 21.7 Å². The van der Waals surface area contributed by atoms with Gasteiger partial charge in [-0.1, -0.05) is 23.7 Å². The molecule has 1 aromatic heterocycles. The lowest BCUT2D eigenvalue weighted by atomic mass is 10.3. The van der Waals surface area contributed by atoms with Crippen LogP contribution in [-0.4, -0.2) is 24.6 Å². The van der Waals surface area contributed by atoms with Gasteiger partial charge in [0.1, 0.15) is 5.02 Å². The van der Waals surface area contributed by atoms with Crippen molar-refractivity contribution in [1.82, 2.24) is 9.97 Å². The van der Waals surface area contributed by atoms with Crippen molar-refractivity contribution in [2.75, 3.05) is 17.0 Å². The number of hydrogen-bond acceptors (Lipinski definition) is 7. The summed E-state index contributed by atoms with van der Waals surface area (Å²) in [6, 6.07) is 6.45. The van der Waals surface area contributed by atoms with Crippen molar-refractivity contribution >= 4 is 38.9 Å². The van der Waals surface area contributed by atoms with Crippen LogP contribution in [0.15, 0.2) is 35.4 Å². The molecule has 0 saturated carbocycles. The number of hydrogen-bond donors (Lipinski definition) is 3. The molecule has 9 heteroatoms. The molecule has 2 aromatic rings. The molecule has 20 heavy (non-hydrogen) atoms. The fraction of sp³-hybridized carbons (Fsp3) is 0.0909. The summed E-state index contributed by atoms with van der Waals surface area (Å²) in [6.07, 6.45) is 2.48. The van der Waals surface area contributed by atoms with E-state index in [1.54, 1.807) is 18.2 Å². The molecule has 0 aliphatic carbocycles. The Morgan fingerprint density at radius 2 is 2.00 bits per heavy atom. The molecule has 106 valence electrons. The van der Waals surface area contributed by atoms with Crippen molar-refractivity contribution in [2.45, 2.75) is 4.90 Å². The maximum Gasteiger partial charge on any atom is 0.239 e. The molecule has 0 aliphatic heterocycles. The molecule has 0 aliphatic rings. The zero-order chi connectivity index (χ0) is 14.8. The maximum absolute atomic E-state index is 11.7. The number of benzene rings is 1. The molecule has 0 spiro atoms. The van der Waals surface area contributed by atoms with Gasteiger partial charge in [-0.15, -0.1) is 0 Å². The van der Waals surface area contributed by atoms with E-state index in [0.29, 0.717) is 5.69 Å². The first kappa shape index (κ1) is 14.5. The highest BCUT2D eigenvalue weighted by molar-refractivity contribution is 7.90. The average Bonchev–Trinajstić information content (AvgIpc) is 2.41. The number of para-hydroxylation sites is 1. The van der Waals surface area contributed by atoms with Crippen molar-refractivity contribution in [3.8, 4) is 0 Å². The molecule has 0 saturated heterocycles. The number of rotatable bonds is 4. The van der Waals surface area contributed by atoms with Gasteiger partial charge >= 0.3 is 0 Å². The Balaban J connectivity index is 2.46. The van der Waals surface area contributed by atoms with E-state index in [1.807, 2.05) is 0 Å². The van der Waals surface area contributed by atoms with Gasteiger partial charge in [-0.2, -0.15) is 4.98 Å². The lowest BCUT2D eigenvalue weighted by molar-refractivity contribution is 0.602. The summed E-state index contributed by atoms with van der Waals surface area (Å²) in [4.78, 5) is 8.01. The molecule has 2 rings (SSSR count). The zero-order valence-corrected chi connectivity index (χ0v) is 12.0. The van der Waals surface area contributed by atoms with E-state index in [1.165, 1.54) is 12.3 Å². The van der Waals surface area contributed by atoms with Gasteiger partial charge in [-0.05, 0) is 12.1 Å². The van der Waals surface area contributed by atoms with Crippen LogP contribution in [0.4, 0.5) is 17.5 Å². The van der Waals surface area contributed by atoms with E-state index in [2.05, 4.69) is 20.7 Å². The van der Waals surface area contributed by atoms with Gasteiger partial charge in [0, 0.05) is 6.26 Å². The van der Waals surface area contributed by atoms with E-state index in [9.17, 15) is 8.42 Å². The molecule has 0 bridgehead atoms. The van der Waals surface area contributed by atoms with Gasteiger partial charge in [-0.3, -0.25) is 5.43 Å². The quantitative estimate of drug-likeness (QED) is 0.580. The molecule has 1 heterocycles. The van der Waals surface area contributed by atoms with E-state index < -0.39 is 9.84 Å². The summed E-state index contributed by atoms with van der Waals surface area (Å²) in [5.74, 6) is 5.64. The maximum atomic E-state index is 11.7. The van der Waals surface area contributed by atoms with Crippen LogP contribution in [0.5, 0.6) is 0 Å². The molecular weight excluding hydrogens is 302 g/mol. The first-order valence-electron chi connectivity index (χ1n) is 5.47. The van der Waals surface area contributed by atoms with Gasteiger partial charge in [0.25, 0.3) is 0 Å². The number of nitrogens with two attached hydrogens (primary N) is 1. The predicted octanol–water partition coefficient (Wildman–Crippen LogP) is 1.56. The number of nitrogen functional groups attached to an aromatic ring is 1. The third-order valence-electron chi connectivity index (χ3n) is 2.41. The lowest BCUT2D eigenvalue weighted by Crippen LogP contribution is -2.11. The molecule has 0 amide bonds. The number of halogens is 1. The third-order valence-corrected chi connectivity index (χ3v) is 3.84. The fourth-order valence-electron chi connectivity index (χ4n) is 1.55. The second kappa shape index (κ2) is 5.61. The van der Waals surface area contributed by atoms with Crippen molar-refractivity contribution < 1.29 is 8.42 Å². The van der Waals surface area contributed by atoms with Crippen molar-refractivity contribution in [1.29, 1.82) is 0 Å². The van der Waals surface area contributed by atoms with Crippen LogP contribution in [0.25, 0.3) is 0 Å². The molecule has 0 radical (unpaired) electrons. The first-order chi connectivity index (χ1) is 9.41. The van der Waals surface area contributed by atoms with Gasteiger partial charge in [0.2, 0.25) is 5.95 Å². The molecule has 1 aromatic carbocycles. The average molecular weight is 314 g/mol. The largest absolute Gasteiger partial charge is 0.338 e. The highest BCUT2D eigenvalue weighted by atomic mass is 35.5. The minimum Gasteiger partial charge on any atom is -0.338 e. The number of nitrogens with one attached hydrogen (secondary N) is 2. The smallest absolute Gasteiger partial charge is 0.239 e. The Labute approximate surface area is 121 Å². The Morgan fingerprint density at radius 3 is 2.65 bits per heavy atom. The summed E-state index contributed by atoms with van der Waals surface area (Å²) < 4.78 is 23.4. The number of nitrogens with zero attached hydrogens (tertiary/aromatic N) is 2. The molecule has 4 N–H and O–H groups in total. The van der Waals surface area contributed by atoms with Crippen molar-refractivity contribution in [3.05, 3.63) is 35.5 Å². The van der Waals surface area contributed by atoms with E-state index in [0.717, 1.165) is 6.26 Å². The zero-order valence-electron chi connectivity index (χ0n) is 10.5. The van der Waals surface area contributed by atoms with Crippen LogP contribution in [0, 0.1) is 0 Å². The number of aromatic nitrogens is 2. The normalized spacial score (nSPS) is 11.2. The lowest BCUT2D eigenvalue weighted by Gasteiger charge is -2.11. The van der Waals surface area contributed by atoms with E-state index in [4.69, 9.17) is 17.4 Å². The van der Waals surface area contributed by atoms with Gasteiger partial charge in [0.15, 0.2) is 15.7 Å². The summed E-state index contributed by atoms with van der Waals surface area (Å²) in [6.45, 7) is 0. The SMILES string of the molecule is CS(=O)(=O)c1ccccc1Nc1nc(NN)ncc1Cl. The van der Waals surface area contributed by atoms with Crippen LogP contribution in [0.2, 0.25) is 5.02 Å². The van der Waals surface area contributed by atoms with E-state index >= 15 is 0 Å². The first-order valence-corrected chi connectivity index (χ1v) is 7.74. The molecule has 0 fully saturated rings. The summed E-state index contributed by atoms with van der Waals surface area (Å²) in [7, 11) is -3.37. The van der Waals surface area contributed by atoms with Gasteiger partial charge < -0.3 is 5.32 Å². The fourth-order valence-corrected chi connectivity index (χ4v) is 2.53. The van der Waals surface area contributed by atoms with Crippen LogP contribution in [0.1, 0.15) is 0 Å². The predicted molar refractivity (Wildman–Crippen MR) is 77.7 cm³/mol. The summed E-state index contributed by atoms with van der Waals surface area (Å²) >= 11 is 5.96. The highest BCUT2D eigenvalue weighted by Gasteiger charge is 2.14. The molecule has 0 atom stereocenters. The molecular formula is C11H12ClN5O2S. The summed E-state index contributed by atoms with van der Waals surface area (Å²) in [5, 5.41) is 3.11. The molecule has 0 unspecified atom stereocenters. The van der Waals surface area contributed by atoms with Crippen molar-refractivity contribution in [3.63, 3.8) is 0 Å².